The highest BCUT2D eigenvalue weighted by Crippen LogP contribution is 2.28. The molecule has 0 radical (unpaired) electrons. The molecule has 6 rings (SSSR count). The molecule has 6 heterocycles. The lowest BCUT2D eigenvalue weighted by molar-refractivity contribution is 1.20. The second-order valence-corrected chi connectivity index (χ2v) is 7.77. The van der Waals surface area contributed by atoms with Gasteiger partial charge in [0.05, 0.1) is 22.8 Å². The molecule has 0 saturated carbocycles. The Morgan fingerprint density at radius 3 is 1.87 bits per heavy atom. The number of fused-ring (bicyclic) bond motifs is 8. The van der Waals surface area contributed by atoms with Crippen LogP contribution in [0, 0.1) is 6.92 Å². The minimum Gasteiger partial charge on any atom is -0.355 e. The third-order valence-electron chi connectivity index (χ3n) is 5.38. The molecule has 148 valence electrons. The number of hydrogen-bond acceptors (Lipinski definition) is 3. The highest BCUT2D eigenvalue weighted by Gasteiger charge is 2.07. The summed E-state index contributed by atoms with van der Waals surface area (Å²) in [6.07, 6.45) is 9.98. The number of nitrogens with one attached hydrogen (secondary N) is 2. The van der Waals surface area contributed by atoms with Gasteiger partial charge in [-0.25, -0.2) is 9.97 Å². The predicted octanol–water partition coefficient (Wildman–Crippen LogP) is 6.03. The maximum absolute atomic E-state index is 4.77. The lowest BCUT2D eigenvalue weighted by Gasteiger charge is -1.99. The van der Waals surface area contributed by atoms with Crippen LogP contribution in [-0.4, -0.2) is 24.9 Å². The van der Waals surface area contributed by atoms with Gasteiger partial charge in [-0.1, -0.05) is 0 Å². The van der Waals surface area contributed by atoms with E-state index in [1.807, 2.05) is 55.6 Å². The minimum absolute atomic E-state index is 0.908. The smallest absolute Gasteiger partial charge is 0.0658 e. The van der Waals surface area contributed by atoms with Crippen LogP contribution < -0.4 is 0 Å². The summed E-state index contributed by atoms with van der Waals surface area (Å²) in [6, 6.07) is 18.6. The van der Waals surface area contributed by atoms with Crippen LogP contribution >= 0.6 is 0 Å². The molecule has 0 aliphatic carbocycles. The third kappa shape index (κ3) is 3.46. The van der Waals surface area contributed by atoms with Gasteiger partial charge in [0.25, 0.3) is 0 Å². The lowest BCUT2D eigenvalue weighted by Crippen LogP contribution is -1.82. The molecule has 8 bridgehead atoms. The zero-order valence-corrected chi connectivity index (χ0v) is 16.9. The fourth-order valence-electron chi connectivity index (χ4n) is 3.97. The minimum atomic E-state index is 0.908. The molecular weight excluding hydrogens is 382 g/mol. The molecule has 0 aromatic carbocycles. The van der Waals surface area contributed by atoms with Crippen molar-refractivity contribution in [1.29, 1.82) is 0 Å². The molecule has 5 nitrogen and oxygen atoms in total. The van der Waals surface area contributed by atoms with E-state index in [0.29, 0.717) is 0 Å². The highest BCUT2D eigenvalue weighted by molar-refractivity contribution is 5.87. The SMILES string of the molecule is Cc1cc(-c2cc3cc4nc(cc5ccc(cc6nc(cc2[nH]3)C=C6)[nH]5)C=C4)ccn1. The molecule has 31 heavy (non-hydrogen) atoms. The van der Waals surface area contributed by atoms with E-state index < -0.39 is 0 Å². The Bertz CT molecular complexity index is 1550. The predicted molar refractivity (Wildman–Crippen MR) is 127 cm³/mol. The van der Waals surface area contributed by atoms with Gasteiger partial charge in [0, 0.05) is 39.5 Å². The Kier molecular flexibility index (Phi) is 3.93. The number of aromatic amines is 2. The Labute approximate surface area is 178 Å². The highest BCUT2D eigenvalue weighted by atomic mass is 14.8. The summed E-state index contributed by atoms with van der Waals surface area (Å²) >= 11 is 0. The number of aryl methyl sites for hydroxylation is 1. The zero-order chi connectivity index (χ0) is 20.8. The van der Waals surface area contributed by atoms with Gasteiger partial charge < -0.3 is 9.97 Å². The normalized spacial score (nSPS) is 12.4. The first-order chi connectivity index (χ1) is 15.2. The van der Waals surface area contributed by atoms with Crippen LogP contribution in [0.4, 0.5) is 0 Å². The van der Waals surface area contributed by atoms with Gasteiger partial charge in [-0.3, -0.25) is 4.98 Å². The first-order valence-electron chi connectivity index (χ1n) is 10.2. The summed E-state index contributed by atoms with van der Waals surface area (Å²) < 4.78 is 0. The fourth-order valence-corrected chi connectivity index (χ4v) is 3.97. The third-order valence-corrected chi connectivity index (χ3v) is 5.38. The Morgan fingerprint density at radius 1 is 0.613 bits per heavy atom. The van der Waals surface area contributed by atoms with Crippen LogP contribution in [0.5, 0.6) is 0 Å². The van der Waals surface area contributed by atoms with Crippen molar-refractivity contribution in [3.8, 4) is 11.1 Å². The lowest BCUT2D eigenvalue weighted by atomic mass is 10.1. The molecule has 0 fully saturated rings. The van der Waals surface area contributed by atoms with Crippen molar-refractivity contribution >= 4 is 46.4 Å². The fraction of sp³-hybridized carbons (Fsp3) is 0.0385. The molecular formula is C26H19N5. The van der Waals surface area contributed by atoms with Crippen LogP contribution in [0.15, 0.2) is 60.8 Å². The Hall–Kier alpha value is -4.25. The van der Waals surface area contributed by atoms with E-state index in [9.17, 15) is 0 Å². The van der Waals surface area contributed by atoms with Gasteiger partial charge >= 0.3 is 0 Å². The van der Waals surface area contributed by atoms with Crippen molar-refractivity contribution in [2.75, 3.05) is 0 Å². The summed E-state index contributed by atoms with van der Waals surface area (Å²) in [5.74, 6) is 0. The Balaban J connectivity index is 1.68. The summed E-state index contributed by atoms with van der Waals surface area (Å²) in [7, 11) is 0. The molecule has 0 spiro atoms. The van der Waals surface area contributed by atoms with Crippen molar-refractivity contribution in [3.05, 3.63) is 89.3 Å². The first-order valence-corrected chi connectivity index (χ1v) is 10.2. The molecule has 0 unspecified atom stereocenters. The van der Waals surface area contributed by atoms with Gasteiger partial charge in [-0.2, -0.15) is 0 Å². The number of pyridine rings is 1. The molecule has 0 amide bonds. The van der Waals surface area contributed by atoms with E-state index in [1.54, 1.807) is 0 Å². The van der Waals surface area contributed by atoms with Crippen LogP contribution in [-0.2, 0) is 0 Å². The number of nitrogens with zero attached hydrogens (tertiary/aromatic N) is 3. The van der Waals surface area contributed by atoms with Crippen molar-refractivity contribution in [1.82, 2.24) is 24.9 Å². The van der Waals surface area contributed by atoms with Gasteiger partial charge in [0.2, 0.25) is 0 Å². The average Bonchev–Trinajstić information content (AvgIpc) is 3.53. The average molecular weight is 401 g/mol. The maximum atomic E-state index is 4.77. The molecule has 0 saturated heterocycles. The molecule has 5 heteroatoms. The Morgan fingerprint density at radius 2 is 1.23 bits per heavy atom. The second-order valence-electron chi connectivity index (χ2n) is 7.77. The van der Waals surface area contributed by atoms with Gasteiger partial charge in [-0.15, -0.1) is 0 Å². The number of H-pyrrole nitrogens is 2. The molecule has 2 N–H and O–H groups in total. The maximum Gasteiger partial charge on any atom is 0.0658 e. The van der Waals surface area contributed by atoms with Crippen LogP contribution in [0.1, 0.15) is 28.5 Å². The molecule has 4 aromatic heterocycles. The summed E-state index contributed by atoms with van der Waals surface area (Å²) in [4.78, 5) is 20.8. The van der Waals surface area contributed by atoms with E-state index >= 15 is 0 Å². The monoisotopic (exact) mass is 401 g/mol. The summed E-state index contributed by atoms with van der Waals surface area (Å²) in [6.45, 7) is 2.01. The number of aromatic nitrogens is 5. The van der Waals surface area contributed by atoms with Crippen LogP contribution in [0.25, 0.3) is 57.5 Å². The second kappa shape index (κ2) is 6.92. The van der Waals surface area contributed by atoms with E-state index in [0.717, 1.165) is 61.7 Å². The van der Waals surface area contributed by atoms with Crippen molar-refractivity contribution in [3.63, 3.8) is 0 Å². The summed E-state index contributed by atoms with van der Waals surface area (Å²) in [5.41, 5.74) is 10.9. The van der Waals surface area contributed by atoms with E-state index in [4.69, 9.17) is 9.97 Å². The topological polar surface area (TPSA) is 70.2 Å². The van der Waals surface area contributed by atoms with E-state index in [-0.39, 0.29) is 0 Å². The standard InChI is InChI=1S/C26H19N5/c1-16-10-17(8-9-27-16)25-14-24-13-22-5-4-20(29-22)11-18-2-3-19(28-18)12-21-6-7-23(30-21)15-26(25)31-24/h2-15,28,31H,1H3. The van der Waals surface area contributed by atoms with Crippen molar-refractivity contribution < 1.29 is 0 Å². The van der Waals surface area contributed by atoms with E-state index in [1.165, 1.54) is 0 Å². The van der Waals surface area contributed by atoms with Gasteiger partial charge in [0.15, 0.2) is 0 Å². The number of rotatable bonds is 1. The molecule has 4 aromatic rings. The number of hydrogen-bond donors (Lipinski definition) is 2. The van der Waals surface area contributed by atoms with Gasteiger partial charge in [-0.05, 0) is 91.4 Å². The van der Waals surface area contributed by atoms with Crippen LogP contribution in [0.3, 0.4) is 0 Å². The largest absolute Gasteiger partial charge is 0.355 e. The molecule has 2 aliphatic rings. The molecule has 2 aliphatic heterocycles. The van der Waals surface area contributed by atoms with Crippen molar-refractivity contribution in [2.24, 2.45) is 0 Å². The van der Waals surface area contributed by atoms with Crippen molar-refractivity contribution in [2.45, 2.75) is 6.92 Å². The van der Waals surface area contributed by atoms with Crippen LogP contribution in [0.2, 0.25) is 0 Å². The summed E-state index contributed by atoms with van der Waals surface area (Å²) in [5, 5.41) is 0. The zero-order valence-electron chi connectivity index (χ0n) is 16.9. The van der Waals surface area contributed by atoms with Gasteiger partial charge in [0.1, 0.15) is 0 Å². The quantitative estimate of drug-likeness (QED) is 0.354. The molecule has 0 atom stereocenters. The van der Waals surface area contributed by atoms with E-state index in [2.05, 4.69) is 51.4 Å². The first kappa shape index (κ1) is 17.6.